The van der Waals surface area contributed by atoms with Crippen LogP contribution in [-0.2, 0) is 22.4 Å². The van der Waals surface area contributed by atoms with Gasteiger partial charge in [0.25, 0.3) is 5.91 Å². The van der Waals surface area contributed by atoms with Crippen LogP contribution in [0.2, 0.25) is 0 Å². The third-order valence-electron chi connectivity index (χ3n) is 4.67. The molecule has 0 radical (unpaired) electrons. The molecule has 0 unspecified atom stereocenters. The zero-order valence-electron chi connectivity index (χ0n) is 19.1. The molecule has 0 aliphatic heterocycles. The Morgan fingerprint density at radius 2 is 1.09 bits per heavy atom. The first-order chi connectivity index (χ1) is 15.7. The molecule has 0 aliphatic rings. The standard InChI is InChI=1S/C27H29N3O3/c1-27(2,3)30-26(33)21-16-22(28-24(31)14-19-10-6-4-7-11-19)18-23(17-21)29-25(32)15-20-12-8-5-9-13-20/h4-13,16-18H,14-15H2,1-3H3,(H,28,31)(H,29,32)(H,30,33). The highest BCUT2D eigenvalue weighted by atomic mass is 16.2. The van der Waals surface area contributed by atoms with E-state index >= 15 is 0 Å². The van der Waals surface area contributed by atoms with Crippen molar-refractivity contribution in [3.8, 4) is 0 Å². The van der Waals surface area contributed by atoms with Crippen molar-refractivity contribution in [2.24, 2.45) is 0 Å². The SMILES string of the molecule is CC(C)(C)NC(=O)c1cc(NC(=O)Cc2ccccc2)cc(NC(=O)Cc2ccccc2)c1. The fourth-order valence-corrected chi connectivity index (χ4v) is 3.29. The lowest BCUT2D eigenvalue weighted by molar-refractivity contribution is -0.116. The Morgan fingerprint density at radius 3 is 1.48 bits per heavy atom. The number of hydrogen-bond donors (Lipinski definition) is 3. The Labute approximate surface area is 194 Å². The van der Waals surface area contributed by atoms with Gasteiger partial charge in [-0.15, -0.1) is 0 Å². The number of rotatable bonds is 7. The van der Waals surface area contributed by atoms with Crippen LogP contribution in [-0.4, -0.2) is 23.3 Å². The topological polar surface area (TPSA) is 87.3 Å². The van der Waals surface area contributed by atoms with E-state index in [0.717, 1.165) is 11.1 Å². The summed E-state index contributed by atoms with van der Waals surface area (Å²) in [5.74, 6) is -0.715. The maximum atomic E-state index is 12.8. The number of amides is 3. The number of nitrogens with one attached hydrogen (secondary N) is 3. The van der Waals surface area contributed by atoms with Gasteiger partial charge in [-0.3, -0.25) is 14.4 Å². The molecule has 33 heavy (non-hydrogen) atoms. The molecule has 170 valence electrons. The van der Waals surface area contributed by atoms with E-state index in [-0.39, 0.29) is 30.6 Å². The van der Waals surface area contributed by atoms with Crippen molar-refractivity contribution in [2.45, 2.75) is 39.2 Å². The summed E-state index contributed by atoms with van der Waals surface area (Å²) < 4.78 is 0. The Hall–Kier alpha value is -3.93. The predicted molar refractivity (Wildman–Crippen MR) is 131 cm³/mol. The van der Waals surface area contributed by atoms with Gasteiger partial charge in [-0.25, -0.2) is 0 Å². The molecule has 0 heterocycles. The van der Waals surface area contributed by atoms with E-state index in [1.807, 2.05) is 81.4 Å². The average molecular weight is 444 g/mol. The normalized spacial score (nSPS) is 10.9. The van der Waals surface area contributed by atoms with Crippen LogP contribution in [0.5, 0.6) is 0 Å². The van der Waals surface area contributed by atoms with Gasteiger partial charge in [0.2, 0.25) is 11.8 Å². The van der Waals surface area contributed by atoms with Crippen LogP contribution in [0.1, 0.15) is 42.3 Å². The Balaban J connectivity index is 1.80. The third-order valence-corrected chi connectivity index (χ3v) is 4.67. The molecular weight excluding hydrogens is 414 g/mol. The second-order valence-corrected chi connectivity index (χ2v) is 8.92. The quantitative estimate of drug-likeness (QED) is 0.500. The van der Waals surface area contributed by atoms with Crippen molar-refractivity contribution in [1.29, 1.82) is 0 Å². The van der Waals surface area contributed by atoms with Crippen LogP contribution in [0.15, 0.2) is 78.9 Å². The second kappa shape index (κ2) is 10.6. The van der Waals surface area contributed by atoms with Gasteiger partial charge in [-0.05, 0) is 50.1 Å². The van der Waals surface area contributed by atoms with Gasteiger partial charge in [0.15, 0.2) is 0 Å². The molecule has 0 fully saturated rings. The Kier molecular flexibility index (Phi) is 7.61. The lowest BCUT2D eigenvalue weighted by atomic mass is 10.1. The minimum absolute atomic E-state index is 0.203. The average Bonchev–Trinajstić information content (AvgIpc) is 2.73. The van der Waals surface area contributed by atoms with Gasteiger partial charge >= 0.3 is 0 Å². The van der Waals surface area contributed by atoms with Crippen molar-refractivity contribution in [1.82, 2.24) is 5.32 Å². The molecular formula is C27H29N3O3. The molecule has 0 saturated carbocycles. The number of anilines is 2. The maximum Gasteiger partial charge on any atom is 0.251 e. The predicted octanol–water partition coefficient (Wildman–Crippen LogP) is 4.58. The zero-order chi connectivity index (χ0) is 23.8. The molecule has 0 bridgehead atoms. The molecule has 6 nitrogen and oxygen atoms in total. The van der Waals surface area contributed by atoms with Crippen molar-refractivity contribution in [2.75, 3.05) is 10.6 Å². The van der Waals surface area contributed by atoms with E-state index in [4.69, 9.17) is 0 Å². The summed E-state index contributed by atoms with van der Waals surface area (Å²) in [7, 11) is 0. The van der Waals surface area contributed by atoms with E-state index in [1.165, 1.54) is 0 Å². The molecule has 3 N–H and O–H groups in total. The minimum atomic E-state index is -0.430. The summed E-state index contributed by atoms with van der Waals surface area (Å²) in [4.78, 5) is 37.9. The summed E-state index contributed by atoms with van der Waals surface area (Å²) in [5, 5.41) is 8.60. The summed E-state index contributed by atoms with van der Waals surface area (Å²) in [6, 6.07) is 23.7. The summed E-state index contributed by atoms with van der Waals surface area (Å²) in [6.07, 6.45) is 0.407. The van der Waals surface area contributed by atoms with Gasteiger partial charge in [-0.1, -0.05) is 60.7 Å². The number of carbonyl (C=O) groups is 3. The molecule has 0 saturated heterocycles. The van der Waals surface area contributed by atoms with E-state index in [1.54, 1.807) is 18.2 Å². The van der Waals surface area contributed by atoms with E-state index < -0.39 is 5.54 Å². The van der Waals surface area contributed by atoms with Crippen LogP contribution in [0.4, 0.5) is 11.4 Å². The molecule has 3 aromatic rings. The summed E-state index contributed by atoms with van der Waals surface area (Å²) in [6.45, 7) is 5.66. The molecule has 3 rings (SSSR count). The first kappa shape index (κ1) is 23.7. The Bertz CT molecular complexity index is 1050. The van der Waals surface area contributed by atoms with Crippen LogP contribution in [0.3, 0.4) is 0 Å². The molecule has 0 spiro atoms. The van der Waals surface area contributed by atoms with Crippen LogP contribution in [0, 0.1) is 0 Å². The van der Waals surface area contributed by atoms with Gasteiger partial charge < -0.3 is 16.0 Å². The van der Waals surface area contributed by atoms with E-state index in [9.17, 15) is 14.4 Å². The van der Waals surface area contributed by atoms with E-state index in [0.29, 0.717) is 16.9 Å². The summed E-state index contributed by atoms with van der Waals surface area (Å²) in [5.41, 5.74) is 2.55. The minimum Gasteiger partial charge on any atom is -0.347 e. The van der Waals surface area contributed by atoms with Crippen LogP contribution in [0.25, 0.3) is 0 Å². The molecule has 6 heteroatoms. The van der Waals surface area contributed by atoms with Gasteiger partial charge in [0.1, 0.15) is 0 Å². The van der Waals surface area contributed by atoms with Gasteiger partial charge in [0, 0.05) is 22.5 Å². The van der Waals surface area contributed by atoms with E-state index in [2.05, 4.69) is 16.0 Å². The first-order valence-electron chi connectivity index (χ1n) is 10.8. The number of carbonyl (C=O) groups excluding carboxylic acids is 3. The molecule has 3 amide bonds. The fourth-order valence-electron chi connectivity index (χ4n) is 3.29. The monoisotopic (exact) mass is 443 g/mol. The lowest BCUT2D eigenvalue weighted by Gasteiger charge is -2.21. The highest BCUT2D eigenvalue weighted by molar-refractivity contribution is 6.01. The smallest absolute Gasteiger partial charge is 0.251 e. The van der Waals surface area contributed by atoms with Crippen LogP contribution >= 0.6 is 0 Å². The summed E-state index contributed by atoms with van der Waals surface area (Å²) >= 11 is 0. The number of hydrogen-bond acceptors (Lipinski definition) is 3. The Morgan fingerprint density at radius 1 is 0.667 bits per heavy atom. The lowest BCUT2D eigenvalue weighted by Crippen LogP contribution is -2.40. The van der Waals surface area contributed by atoms with Crippen molar-refractivity contribution in [3.05, 3.63) is 95.6 Å². The molecule has 0 aromatic heterocycles. The van der Waals surface area contributed by atoms with Crippen molar-refractivity contribution >= 4 is 29.1 Å². The second-order valence-electron chi connectivity index (χ2n) is 8.92. The fraction of sp³-hybridized carbons (Fsp3) is 0.222. The zero-order valence-corrected chi connectivity index (χ0v) is 19.1. The van der Waals surface area contributed by atoms with Gasteiger partial charge in [0.05, 0.1) is 12.8 Å². The highest BCUT2D eigenvalue weighted by Gasteiger charge is 2.17. The highest BCUT2D eigenvalue weighted by Crippen LogP contribution is 2.21. The largest absolute Gasteiger partial charge is 0.347 e. The third kappa shape index (κ3) is 7.92. The van der Waals surface area contributed by atoms with Crippen molar-refractivity contribution < 1.29 is 14.4 Å². The van der Waals surface area contributed by atoms with Crippen LogP contribution < -0.4 is 16.0 Å². The first-order valence-corrected chi connectivity index (χ1v) is 10.8. The van der Waals surface area contributed by atoms with Gasteiger partial charge in [-0.2, -0.15) is 0 Å². The molecule has 3 aromatic carbocycles. The maximum absolute atomic E-state index is 12.8. The molecule has 0 aliphatic carbocycles. The molecule has 0 atom stereocenters. The number of benzene rings is 3. The van der Waals surface area contributed by atoms with Crippen molar-refractivity contribution in [3.63, 3.8) is 0 Å².